The second-order valence-electron chi connectivity index (χ2n) is 7.22. The van der Waals surface area contributed by atoms with Gasteiger partial charge >= 0.3 is 0 Å². The molecule has 3 heterocycles. The summed E-state index contributed by atoms with van der Waals surface area (Å²) in [6, 6.07) is 0. The molecule has 2 fully saturated rings. The third-order valence-electron chi connectivity index (χ3n) is 5.13. The van der Waals surface area contributed by atoms with E-state index in [1.807, 2.05) is 0 Å². The highest BCUT2D eigenvalue weighted by molar-refractivity contribution is 7.89. The van der Waals surface area contributed by atoms with Crippen molar-refractivity contribution < 1.29 is 12.9 Å². The molecule has 0 amide bonds. The summed E-state index contributed by atoms with van der Waals surface area (Å²) in [5.74, 6) is 2.34. The summed E-state index contributed by atoms with van der Waals surface area (Å²) in [6.45, 7) is 5.31. The van der Waals surface area contributed by atoms with Crippen LogP contribution in [-0.2, 0) is 23.0 Å². The lowest BCUT2D eigenvalue weighted by molar-refractivity contribution is 0.389. The minimum Gasteiger partial charge on any atom is -0.360 e. The highest BCUT2D eigenvalue weighted by Crippen LogP contribution is 2.32. The molecule has 1 atom stereocenters. The second kappa shape index (κ2) is 6.21. The van der Waals surface area contributed by atoms with Crippen LogP contribution >= 0.6 is 0 Å². The van der Waals surface area contributed by atoms with Crippen molar-refractivity contribution in [3.63, 3.8) is 0 Å². The Kier molecular flexibility index (Phi) is 4.15. The summed E-state index contributed by atoms with van der Waals surface area (Å²) in [4.78, 5) is 0.213. The fraction of sp³-hybridized carbons (Fsp3) is 0.688. The molecule has 1 aliphatic carbocycles. The number of sulfonamides is 1. The summed E-state index contributed by atoms with van der Waals surface area (Å²) in [5.41, 5.74) is 0.421. The maximum atomic E-state index is 12.9. The van der Waals surface area contributed by atoms with Gasteiger partial charge in [0.1, 0.15) is 22.7 Å². The number of aromatic nitrogens is 4. The lowest BCUT2D eigenvalue weighted by Crippen LogP contribution is -2.30. The third-order valence-corrected chi connectivity index (χ3v) is 7.24. The Bertz CT molecular complexity index is 849. The molecular formula is C16H23N5O3S. The Labute approximate surface area is 147 Å². The molecule has 4 rings (SSSR count). The summed E-state index contributed by atoms with van der Waals surface area (Å²) in [6.07, 6.45) is 5.95. The van der Waals surface area contributed by atoms with Crippen molar-refractivity contribution in [2.24, 2.45) is 11.8 Å². The van der Waals surface area contributed by atoms with E-state index >= 15 is 0 Å². The molecule has 1 saturated heterocycles. The normalized spacial score (nSPS) is 21.9. The van der Waals surface area contributed by atoms with Crippen molar-refractivity contribution in [2.45, 2.75) is 51.0 Å². The fourth-order valence-electron chi connectivity index (χ4n) is 3.58. The lowest BCUT2D eigenvalue weighted by Gasteiger charge is -2.16. The summed E-state index contributed by atoms with van der Waals surface area (Å²) in [5, 5.41) is 12.1. The summed E-state index contributed by atoms with van der Waals surface area (Å²) in [7, 11) is -3.55. The zero-order valence-electron chi connectivity index (χ0n) is 14.6. The van der Waals surface area contributed by atoms with Gasteiger partial charge in [-0.1, -0.05) is 5.16 Å². The predicted octanol–water partition coefficient (Wildman–Crippen LogP) is 1.55. The largest absolute Gasteiger partial charge is 0.360 e. The molecule has 1 unspecified atom stereocenters. The molecule has 2 aliphatic rings. The highest BCUT2D eigenvalue weighted by Gasteiger charge is 2.36. The van der Waals surface area contributed by atoms with E-state index in [0.29, 0.717) is 24.5 Å². The molecule has 0 N–H and O–H groups in total. The van der Waals surface area contributed by atoms with Crippen molar-refractivity contribution in [1.82, 2.24) is 24.2 Å². The van der Waals surface area contributed by atoms with Crippen molar-refractivity contribution in [3.8, 4) is 0 Å². The van der Waals surface area contributed by atoms with Crippen LogP contribution in [-0.4, -0.2) is 45.7 Å². The van der Waals surface area contributed by atoms with Gasteiger partial charge < -0.3 is 9.09 Å². The molecule has 0 radical (unpaired) electrons. The predicted molar refractivity (Wildman–Crippen MR) is 89.3 cm³/mol. The van der Waals surface area contributed by atoms with Gasteiger partial charge in [0.15, 0.2) is 5.76 Å². The number of hydrogen-bond acceptors (Lipinski definition) is 6. The van der Waals surface area contributed by atoms with Gasteiger partial charge in [0.2, 0.25) is 10.0 Å². The molecule has 8 nitrogen and oxygen atoms in total. The first-order chi connectivity index (χ1) is 11.9. The monoisotopic (exact) mass is 365 g/mol. The van der Waals surface area contributed by atoms with E-state index in [2.05, 4.69) is 19.9 Å². The molecule has 1 saturated carbocycles. The number of rotatable bonds is 6. The van der Waals surface area contributed by atoms with Gasteiger partial charge in [-0.2, -0.15) is 4.31 Å². The Morgan fingerprint density at radius 1 is 1.24 bits per heavy atom. The Hall–Kier alpha value is -1.74. The van der Waals surface area contributed by atoms with Crippen LogP contribution in [0.2, 0.25) is 0 Å². The van der Waals surface area contributed by atoms with E-state index in [9.17, 15) is 8.42 Å². The number of hydrogen-bond donors (Lipinski definition) is 0. The quantitative estimate of drug-likeness (QED) is 0.771. The Morgan fingerprint density at radius 2 is 2.04 bits per heavy atom. The first-order valence-electron chi connectivity index (χ1n) is 8.75. The van der Waals surface area contributed by atoms with Crippen LogP contribution in [0.4, 0.5) is 0 Å². The Morgan fingerprint density at radius 3 is 2.72 bits per heavy atom. The smallest absolute Gasteiger partial charge is 0.248 e. The van der Waals surface area contributed by atoms with Crippen molar-refractivity contribution in [2.75, 3.05) is 13.1 Å². The first kappa shape index (κ1) is 16.7. The highest BCUT2D eigenvalue weighted by atomic mass is 32.2. The van der Waals surface area contributed by atoms with Gasteiger partial charge in [-0.05, 0) is 44.9 Å². The first-order valence-corrected chi connectivity index (χ1v) is 10.2. The Balaban J connectivity index is 1.45. The average Bonchev–Trinajstić information content (AvgIpc) is 2.94. The van der Waals surface area contributed by atoms with Gasteiger partial charge in [-0.3, -0.25) is 0 Å². The SMILES string of the molecule is Cc1noc(C)c1S(=O)(=O)N1CCC(Cc2nncn2CC2CC2)C1. The molecule has 0 spiro atoms. The van der Waals surface area contributed by atoms with Gasteiger partial charge in [0.05, 0.1) is 0 Å². The van der Waals surface area contributed by atoms with Crippen LogP contribution in [0.15, 0.2) is 15.7 Å². The number of nitrogens with zero attached hydrogens (tertiary/aromatic N) is 5. The van der Waals surface area contributed by atoms with E-state index in [4.69, 9.17) is 4.52 Å². The molecule has 0 bridgehead atoms. The maximum Gasteiger partial charge on any atom is 0.248 e. The van der Waals surface area contributed by atoms with Crippen LogP contribution in [0.5, 0.6) is 0 Å². The molecule has 2 aromatic rings. The van der Waals surface area contributed by atoms with E-state index < -0.39 is 10.0 Å². The zero-order chi connectivity index (χ0) is 17.6. The molecule has 9 heteroatoms. The van der Waals surface area contributed by atoms with Crippen LogP contribution in [0.25, 0.3) is 0 Å². The average molecular weight is 365 g/mol. The van der Waals surface area contributed by atoms with Crippen molar-refractivity contribution in [1.29, 1.82) is 0 Å². The third kappa shape index (κ3) is 3.22. The van der Waals surface area contributed by atoms with Gasteiger partial charge in [-0.15, -0.1) is 10.2 Å². The summed E-state index contributed by atoms with van der Waals surface area (Å²) < 4.78 is 34.5. The van der Waals surface area contributed by atoms with Gasteiger partial charge in [0.25, 0.3) is 0 Å². The van der Waals surface area contributed by atoms with Crippen molar-refractivity contribution >= 4 is 10.0 Å². The van der Waals surface area contributed by atoms with Crippen LogP contribution in [0, 0.1) is 25.7 Å². The van der Waals surface area contributed by atoms with E-state index in [-0.39, 0.29) is 10.8 Å². The van der Waals surface area contributed by atoms with Crippen LogP contribution in [0.1, 0.15) is 36.5 Å². The van der Waals surface area contributed by atoms with E-state index in [1.54, 1.807) is 24.5 Å². The maximum absolute atomic E-state index is 12.9. The lowest BCUT2D eigenvalue weighted by atomic mass is 10.0. The topological polar surface area (TPSA) is 94.1 Å². The van der Waals surface area contributed by atoms with Gasteiger partial charge in [0, 0.05) is 26.1 Å². The van der Waals surface area contributed by atoms with E-state index in [0.717, 1.165) is 31.1 Å². The molecule has 0 aromatic carbocycles. The zero-order valence-corrected chi connectivity index (χ0v) is 15.4. The minimum atomic E-state index is -3.55. The molecule has 25 heavy (non-hydrogen) atoms. The fourth-order valence-corrected chi connectivity index (χ4v) is 5.40. The molecular weight excluding hydrogens is 342 g/mol. The van der Waals surface area contributed by atoms with Crippen LogP contribution < -0.4 is 0 Å². The standard InChI is InChI=1S/C16H23N5O3S/c1-11-16(12(2)24-19-11)25(22,23)21-6-5-14(9-21)7-15-18-17-10-20(15)8-13-3-4-13/h10,13-14H,3-9H2,1-2H3. The second-order valence-corrected chi connectivity index (χ2v) is 9.09. The van der Waals surface area contributed by atoms with Crippen molar-refractivity contribution in [3.05, 3.63) is 23.6 Å². The number of aryl methyl sites for hydroxylation is 2. The van der Waals surface area contributed by atoms with E-state index in [1.165, 1.54) is 12.8 Å². The minimum absolute atomic E-state index is 0.213. The summed E-state index contributed by atoms with van der Waals surface area (Å²) >= 11 is 0. The van der Waals surface area contributed by atoms with Gasteiger partial charge in [-0.25, -0.2) is 8.42 Å². The molecule has 1 aliphatic heterocycles. The molecule has 136 valence electrons. The molecule has 2 aromatic heterocycles. The van der Waals surface area contributed by atoms with Crippen LogP contribution in [0.3, 0.4) is 0 Å².